The Balaban J connectivity index is 2.71. The smallest absolute Gasteiger partial charge is 0.296 e. The van der Waals surface area contributed by atoms with Crippen molar-refractivity contribution in [2.24, 2.45) is 5.92 Å². The molecule has 0 spiro atoms. The normalized spacial score (nSPS) is 19.4. The van der Waals surface area contributed by atoms with E-state index in [1.54, 1.807) is 6.92 Å². The van der Waals surface area contributed by atoms with Crippen LogP contribution >= 0.6 is 0 Å². The molecule has 5 nitrogen and oxygen atoms in total. The van der Waals surface area contributed by atoms with Crippen molar-refractivity contribution in [2.45, 2.75) is 45.7 Å². The number of rotatable bonds is 5. The Morgan fingerprint density at radius 2 is 2.05 bits per heavy atom. The average Bonchev–Trinajstić information content (AvgIpc) is 2.86. The second-order valence-electron chi connectivity index (χ2n) is 6.22. The van der Waals surface area contributed by atoms with Crippen LogP contribution in [0.1, 0.15) is 33.6 Å². The van der Waals surface area contributed by atoms with Crippen LogP contribution in [0.5, 0.6) is 0 Å². The van der Waals surface area contributed by atoms with E-state index in [-0.39, 0.29) is 11.8 Å². The van der Waals surface area contributed by atoms with Gasteiger partial charge in [-0.3, -0.25) is 9.59 Å². The predicted octanol–water partition coefficient (Wildman–Crippen LogP) is 0.703. The third-order valence-electron chi connectivity index (χ3n) is 3.75. The standard InChI is InChI=1S/C16H27N3O2/c1-6-7-15(20)17-14(10-12(2)3)16(21)19-9-8-13(11-19)18(4)5/h12-14H,8-11H2,1-5H3,(H,17,20)/t13?,14-/m0/s1. The van der Waals surface area contributed by atoms with Gasteiger partial charge in [0.1, 0.15) is 6.04 Å². The second kappa shape index (κ2) is 8.04. The first-order valence-electron chi connectivity index (χ1n) is 7.53. The van der Waals surface area contributed by atoms with Crippen LogP contribution in [0, 0.1) is 17.8 Å². The lowest BCUT2D eigenvalue weighted by molar-refractivity contribution is -0.135. The quantitative estimate of drug-likeness (QED) is 0.759. The van der Waals surface area contributed by atoms with Crippen molar-refractivity contribution in [3.8, 4) is 11.8 Å². The molecule has 0 saturated carbocycles. The number of hydrogen-bond donors (Lipinski definition) is 1. The number of likely N-dealkylation sites (tertiary alicyclic amines) is 1. The Bertz CT molecular complexity index is 435. The van der Waals surface area contributed by atoms with E-state index in [1.807, 2.05) is 32.8 Å². The van der Waals surface area contributed by atoms with Crippen LogP contribution < -0.4 is 5.32 Å². The zero-order valence-electron chi connectivity index (χ0n) is 13.8. The Morgan fingerprint density at radius 3 is 2.52 bits per heavy atom. The minimum Gasteiger partial charge on any atom is -0.339 e. The summed E-state index contributed by atoms with van der Waals surface area (Å²) in [4.78, 5) is 28.3. The van der Waals surface area contributed by atoms with Gasteiger partial charge in [0, 0.05) is 19.1 Å². The number of likely N-dealkylation sites (N-methyl/N-ethyl adjacent to an activating group) is 1. The van der Waals surface area contributed by atoms with Gasteiger partial charge < -0.3 is 15.1 Å². The molecule has 0 aromatic heterocycles. The van der Waals surface area contributed by atoms with Gasteiger partial charge in [-0.25, -0.2) is 0 Å². The molecule has 1 aliphatic rings. The third-order valence-corrected chi connectivity index (χ3v) is 3.75. The molecular formula is C16H27N3O2. The molecular weight excluding hydrogens is 266 g/mol. The van der Waals surface area contributed by atoms with E-state index in [9.17, 15) is 9.59 Å². The first-order chi connectivity index (χ1) is 9.85. The van der Waals surface area contributed by atoms with Crippen molar-refractivity contribution in [2.75, 3.05) is 27.2 Å². The summed E-state index contributed by atoms with van der Waals surface area (Å²) in [5, 5.41) is 2.75. The van der Waals surface area contributed by atoms with E-state index in [1.165, 1.54) is 0 Å². The third kappa shape index (κ3) is 5.39. The van der Waals surface area contributed by atoms with Crippen LogP contribution in [-0.4, -0.2) is 60.9 Å². The van der Waals surface area contributed by atoms with Gasteiger partial charge in [0.25, 0.3) is 5.91 Å². The lowest BCUT2D eigenvalue weighted by Gasteiger charge is -2.26. The van der Waals surface area contributed by atoms with Crippen molar-refractivity contribution >= 4 is 11.8 Å². The van der Waals surface area contributed by atoms with Crippen molar-refractivity contribution in [1.82, 2.24) is 15.1 Å². The average molecular weight is 293 g/mol. The highest BCUT2D eigenvalue weighted by Crippen LogP contribution is 2.16. The maximum atomic E-state index is 12.6. The lowest BCUT2D eigenvalue weighted by Crippen LogP contribution is -2.48. The fourth-order valence-electron chi connectivity index (χ4n) is 2.58. The Kier molecular flexibility index (Phi) is 6.70. The summed E-state index contributed by atoms with van der Waals surface area (Å²) in [6, 6.07) is -0.0703. The van der Waals surface area contributed by atoms with Crippen molar-refractivity contribution in [3.63, 3.8) is 0 Å². The molecule has 1 aliphatic heterocycles. The molecule has 1 unspecified atom stereocenters. The fourth-order valence-corrected chi connectivity index (χ4v) is 2.58. The summed E-state index contributed by atoms with van der Waals surface area (Å²) in [6.45, 7) is 7.19. The van der Waals surface area contributed by atoms with Gasteiger partial charge in [-0.1, -0.05) is 19.8 Å². The first-order valence-corrected chi connectivity index (χ1v) is 7.53. The van der Waals surface area contributed by atoms with Crippen LogP contribution in [0.4, 0.5) is 0 Å². The van der Waals surface area contributed by atoms with Gasteiger partial charge >= 0.3 is 0 Å². The first kappa shape index (κ1) is 17.5. The number of carbonyl (C=O) groups excluding carboxylic acids is 2. The topological polar surface area (TPSA) is 52.7 Å². The highest BCUT2D eigenvalue weighted by atomic mass is 16.2. The van der Waals surface area contributed by atoms with E-state index in [0.717, 1.165) is 19.5 Å². The van der Waals surface area contributed by atoms with Crippen molar-refractivity contribution in [3.05, 3.63) is 0 Å². The molecule has 118 valence electrons. The second-order valence-corrected chi connectivity index (χ2v) is 6.22. The number of nitrogens with zero attached hydrogens (tertiary/aromatic N) is 2. The maximum absolute atomic E-state index is 12.6. The summed E-state index contributed by atoms with van der Waals surface area (Å²) in [5.41, 5.74) is 0. The van der Waals surface area contributed by atoms with Gasteiger partial charge in [0.15, 0.2) is 0 Å². The van der Waals surface area contributed by atoms with Gasteiger partial charge in [-0.15, -0.1) is 0 Å². The van der Waals surface area contributed by atoms with Gasteiger partial charge in [-0.05, 0) is 45.7 Å². The molecule has 1 heterocycles. The van der Waals surface area contributed by atoms with Crippen molar-refractivity contribution in [1.29, 1.82) is 0 Å². The van der Waals surface area contributed by atoms with E-state index < -0.39 is 6.04 Å². The molecule has 0 bridgehead atoms. The van der Waals surface area contributed by atoms with Crippen LogP contribution in [0.3, 0.4) is 0 Å². The highest BCUT2D eigenvalue weighted by molar-refractivity contribution is 5.97. The Morgan fingerprint density at radius 1 is 1.38 bits per heavy atom. The van der Waals surface area contributed by atoms with Crippen molar-refractivity contribution < 1.29 is 9.59 Å². The molecule has 2 atom stereocenters. The molecule has 0 radical (unpaired) electrons. The summed E-state index contributed by atoms with van der Waals surface area (Å²) >= 11 is 0. The summed E-state index contributed by atoms with van der Waals surface area (Å²) in [6.07, 6.45) is 1.62. The molecule has 1 fully saturated rings. The van der Waals surface area contributed by atoms with Crippen LogP contribution in [0.2, 0.25) is 0 Å². The minimum absolute atomic E-state index is 0.0132. The SMILES string of the molecule is CC#CC(=O)N[C@@H](CC(C)C)C(=O)N1CCC(N(C)C)C1. The Labute approximate surface area is 128 Å². The van der Waals surface area contributed by atoms with Gasteiger partial charge in [0.2, 0.25) is 5.91 Å². The number of carbonyl (C=O) groups is 2. The zero-order valence-corrected chi connectivity index (χ0v) is 13.8. The monoisotopic (exact) mass is 293 g/mol. The minimum atomic E-state index is -0.473. The molecule has 0 aromatic carbocycles. The summed E-state index contributed by atoms with van der Waals surface area (Å²) in [7, 11) is 4.06. The molecule has 1 saturated heterocycles. The molecule has 0 aromatic rings. The largest absolute Gasteiger partial charge is 0.339 e. The van der Waals surface area contributed by atoms with E-state index in [2.05, 4.69) is 22.1 Å². The van der Waals surface area contributed by atoms with Crippen LogP contribution in [0.25, 0.3) is 0 Å². The number of nitrogens with one attached hydrogen (secondary N) is 1. The van der Waals surface area contributed by atoms with E-state index in [0.29, 0.717) is 18.4 Å². The number of amides is 2. The van der Waals surface area contributed by atoms with Gasteiger partial charge in [-0.2, -0.15) is 0 Å². The van der Waals surface area contributed by atoms with Crippen LogP contribution in [-0.2, 0) is 9.59 Å². The molecule has 1 N–H and O–H groups in total. The predicted molar refractivity (Wildman–Crippen MR) is 83.5 cm³/mol. The summed E-state index contributed by atoms with van der Waals surface area (Å²) in [5.74, 6) is 4.98. The lowest BCUT2D eigenvalue weighted by atomic mass is 10.0. The molecule has 1 rings (SSSR count). The number of hydrogen-bond acceptors (Lipinski definition) is 3. The van der Waals surface area contributed by atoms with E-state index >= 15 is 0 Å². The van der Waals surface area contributed by atoms with Gasteiger partial charge in [0.05, 0.1) is 0 Å². The molecule has 5 heteroatoms. The van der Waals surface area contributed by atoms with E-state index in [4.69, 9.17) is 0 Å². The molecule has 2 amide bonds. The van der Waals surface area contributed by atoms with Crippen LogP contribution in [0.15, 0.2) is 0 Å². The maximum Gasteiger partial charge on any atom is 0.296 e. The fraction of sp³-hybridized carbons (Fsp3) is 0.750. The summed E-state index contributed by atoms with van der Waals surface area (Å²) < 4.78 is 0. The molecule has 21 heavy (non-hydrogen) atoms. The highest BCUT2D eigenvalue weighted by Gasteiger charge is 2.32. The Hall–Kier alpha value is -1.54. The molecule has 0 aliphatic carbocycles. The zero-order chi connectivity index (χ0) is 16.0.